The standard InChI is InChI=1S/C12H23N7O/c1-4-20-12-16-10(15-11(17-12)18-13)14-7-8(2)19(3)9-5-6-9/h8-9H,4-7,13H2,1-3H3,(H2,14,15,16,17,18). The Labute approximate surface area is 119 Å². The summed E-state index contributed by atoms with van der Waals surface area (Å²) in [7, 11) is 2.15. The van der Waals surface area contributed by atoms with Crippen molar-refractivity contribution in [1.29, 1.82) is 0 Å². The van der Waals surface area contributed by atoms with Gasteiger partial charge in [0.05, 0.1) is 6.61 Å². The zero-order valence-electron chi connectivity index (χ0n) is 12.3. The molecular weight excluding hydrogens is 258 g/mol. The van der Waals surface area contributed by atoms with E-state index in [1.54, 1.807) is 0 Å². The van der Waals surface area contributed by atoms with Crippen LogP contribution in [0.1, 0.15) is 26.7 Å². The number of likely N-dealkylation sites (N-methyl/N-ethyl adjacent to an activating group) is 1. The third-order valence-corrected chi connectivity index (χ3v) is 3.39. The van der Waals surface area contributed by atoms with Gasteiger partial charge in [-0.3, -0.25) is 10.3 Å². The second-order valence-corrected chi connectivity index (χ2v) is 4.97. The first kappa shape index (κ1) is 14.7. The molecule has 8 nitrogen and oxygen atoms in total. The van der Waals surface area contributed by atoms with E-state index in [2.05, 4.69) is 44.6 Å². The van der Waals surface area contributed by atoms with Gasteiger partial charge < -0.3 is 10.1 Å². The number of nitrogen functional groups attached to an aromatic ring is 1. The highest BCUT2D eigenvalue weighted by atomic mass is 16.5. The zero-order chi connectivity index (χ0) is 14.5. The number of aromatic nitrogens is 3. The van der Waals surface area contributed by atoms with Crippen molar-refractivity contribution in [3.8, 4) is 6.01 Å². The van der Waals surface area contributed by atoms with Crippen molar-refractivity contribution < 1.29 is 4.74 Å². The van der Waals surface area contributed by atoms with Crippen LogP contribution in [-0.2, 0) is 0 Å². The molecule has 1 aromatic heterocycles. The lowest BCUT2D eigenvalue weighted by atomic mass is 10.3. The molecule has 0 spiro atoms. The summed E-state index contributed by atoms with van der Waals surface area (Å²) in [4.78, 5) is 14.7. The molecule has 2 rings (SSSR count). The van der Waals surface area contributed by atoms with Gasteiger partial charge in [0.1, 0.15) is 0 Å². The van der Waals surface area contributed by atoms with Crippen LogP contribution >= 0.6 is 0 Å². The number of anilines is 2. The van der Waals surface area contributed by atoms with Crippen LogP contribution in [0.4, 0.5) is 11.9 Å². The maximum Gasteiger partial charge on any atom is 0.323 e. The molecule has 0 aliphatic heterocycles. The lowest BCUT2D eigenvalue weighted by Crippen LogP contribution is -2.36. The van der Waals surface area contributed by atoms with Crippen LogP contribution < -0.4 is 21.3 Å². The number of hydrogen-bond donors (Lipinski definition) is 3. The highest BCUT2D eigenvalue weighted by Crippen LogP contribution is 2.26. The first-order valence-electron chi connectivity index (χ1n) is 6.95. The summed E-state index contributed by atoms with van der Waals surface area (Å²) >= 11 is 0. The zero-order valence-corrected chi connectivity index (χ0v) is 12.3. The van der Waals surface area contributed by atoms with Gasteiger partial charge in [0.25, 0.3) is 0 Å². The van der Waals surface area contributed by atoms with E-state index >= 15 is 0 Å². The number of rotatable bonds is 8. The lowest BCUT2D eigenvalue weighted by molar-refractivity contribution is 0.257. The van der Waals surface area contributed by atoms with Crippen molar-refractivity contribution in [3.63, 3.8) is 0 Å². The molecule has 0 saturated heterocycles. The summed E-state index contributed by atoms with van der Waals surface area (Å²) in [6.45, 7) is 5.30. The topological polar surface area (TPSA) is 101 Å². The summed E-state index contributed by atoms with van der Waals surface area (Å²) in [5.41, 5.74) is 2.41. The monoisotopic (exact) mass is 281 g/mol. The second-order valence-electron chi connectivity index (χ2n) is 4.97. The normalized spacial score (nSPS) is 16.1. The Hall–Kier alpha value is -1.67. The number of nitrogens with one attached hydrogen (secondary N) is 2. The molecule has 1 aliphatic carbocycles. The highest BCUT2D eigenvalue weighted by molar-refractivity contribution is 5.35. The lowest BCUT2D eigenvalue weighted by Gasteiger charge is -2.24. The Balaban J connectivity index is 1.95. The molecule has 1 unspecified atom stereocenters. The number of nitrogens with zero attached hydrogens (tertiary/aromatic N) is 4. The van der Waals surface area contributed by atoms with Crippen molar-refractivity contribution in [1.82, 2.24) is 19.9 Å². The van der Waals surface area contributed by atoms with E-state index in [1.165, 1.54) is 12.8 Å². The Morgan fingerprint density at radius 1 is 1.35 bits per heavy atom. The molecule has 0 radical (unpaired) electrons. The fourth-order valence-electron chi connectivity index (χ4n) is 1.92. The molecule has 1 heterocycles. The average Bonchev–Trinajstić information content (AvgIpc) is 3.28. The molecule has 1 aliphatic rings. The van der Waals surface area contributed by atoms with Crippen molar-refractivity contribution >= 4 is 11.9 Å². The molecule has 1 aromatic rings. The van der Waals surface area contributed by atoms with E-state index in [4.69, 9.17) is 10.6 Å². The van der Waals surface area contributed by atoms with Crippen molar-refractivity contribution in [2.45, 2.75) is 38.8 Å². The Kier molecular flexibility index (Phi) is 4.91. The molecule has 20 heavy (non-hydrogen) atoms. The largest absolute Gasteiger partial charge is 0.464 e. The maximum atomic E-state index is 5.34. The van der Waals surface area contributed by atoms with Crippen LogP contribution in [0, 0.1) is 0 Å². The summed E-state index contributed by atoms with van der Waals surface area (Å²) in [6, 6.07) is 1.40. The van der Waals surface area contributed by atoms with Gasteiger partial charge in [-0.1, -0.05) is 0 Å². The molecule has 0 amide bonds. The van der Waals surface area contributed by atoms with E-state index in [-0.39, 0.29) is 12.0 Å². The second kappa shape index (κ2) is 6.67. The van der Waals surface area contributed by atoms with Gasteiger partial charge in [0.15, 0.2) is 0 Å². The van der Waals surface area contributed by atoms with E-state index < -0.39 is 0 Å². The number of hydrogen-bond acceptors (Lipinski definition) is 8. The molecule has 1 saturated carbocycles. The fourth-order valence-corrected chi connectivity index (χ4v) is 1.92. The van der Waals surface area contributed by atoms with Gasteiger partial charge in [-0.05, 0) is 33.7 Å². The predicted molar refractivity (Wildman–Crippen MR) is 77.5 cm³/mol. The molecule has 8 heteroatoms. The van der Waals surface area contributed by atoms with Crippen molar-refractivity contribution in [2.75, 3.05) is 30.9 Å². The van der Waals surface area contributed by atoms with E-state index in [0.29, 0.717) is 18.6 Å². The number of nitrogens with two attached hydrogens (primary N) is 1. The maximum absolute atomic E-state index is 5.34. The molecule has 112 valence electrons. The minimum Gasteiger partial charge on any atom is -0.464 e. The Morgan fingerprint density at radius 3 is 2.65 bits per heavy atom. The minimum atomic E-state index is 0.265. The highest BCUT2D eigenvalue weighted by Gasteiger charge is 2.28. The number of ether oxygens (including phenoxy) is 1. The summed E-state index contributed by atoms with van der Waals surface area (Å²) < 4.78 is 5.28. The first-order valence-corrected chi connectivity index (χ1v) is 6.95. The van der Waals surface area contributed by atoms with Crippen LogP contribution in [0.15, 0.2) is 0 Å². The smallest absolute Gasteiger partial charge is 0.323 e. The molecule has 0 aromatic carbocycles. The van der Waals surface area contributed by atoms with Crippen LogP contribution in [0.5, 0.6) is 6.01 Å². The Morgan fingerprint density at radius 2 is 2.05 bits per heavy atom. The van der Waals surface area contributed by atoms with Gasteiger partial charge >= 0.3 is 6.01 Å². The van der Waals surface area contributed by atoms with Gasteiger partial charge in [0.2, 0.25) is 11.9 Å². The van der Waals surface area contributed by atoms with Crippen molar-refractivity contribution in [2.24, 2.45) is 5.84 Å². The van der Waals surface area contributed by atoms with E-state index in [9.17, 15) is 0 Å². The third-order valence-electron chi connectivity index (χ3n) is 3.39. The SMILES string of the molecule is CCOc1nc(NN)nc(NCC(C)N(C)C2CC2)n1. The van der Waals surface area contributed by atoms with Crippen LogP contribution in [0.3, 0.4) is 0 Å². The van der Waals surface area contributed by atoms with E-state index in [1.807, 2.05) is 6.92 Å². The molecular formula is C12H23N7O. The molecule has 1 fully saturated rings. The predicted octanol–water partition coefficient (Wildman–Crippen LogP) is 0.451. The van der Waals surface area contributed by atoms with Gasteiger partial charge in [-0.15, -0.1) is 0 Å². The molecule has 1 atom stereocenters. The molecule has 0 bridgehead atoms. The van der Waals surface area contributed by atoms with Crippen LogP contribution in [-0.4, -0.2) is 52.1 Å². The summed E-state index contributed by atoms with van der Waals surface area (Å²) in [5.74, 6) is 6.09. The van der Waals surface area contributed by atoms with Gasteiger partial charge in [-0.2, -0.15) is 15.0 Å². The third kappa shape index (κ3) is 3.91. The van der Waals surface area contributed by atoms with Crippen LogP contribution in [0.2, 0.25) is 0 Å². The summed E-state index contributed by atoms with van der Waals surface area (Å²) in [5, 5.41) is 3.20. The van der Waals surface area contributed by atoms with Gasteiger partial charge in [-0.25, -0.2) is 5.84 Å². The van der Waals surface area contributed by atoms with Gasteiger partial charge in [0, 0.05) is 18.6 Å². The summed E-state index contributed by atoms with van der Waals surface area (Å²) in [6.07, 6.45) is 2.59. The van der Waals surface area contributed by atoms with Crippen molar-refractivity contribution in [3.05, 3.63) is 0 Å². The minimum absolute atomic E-state index is 0.265. The fraction of sp³-hybridized carbons (Fsp3) is 0.750. The van der Waals surface area contributed by atoms with Crippen LogP contribution in [0.25, 0.3) is 0 Å². The van der Waals surface area contributed by atoms with E-state index in [0.717, 1.165) is 12.6 Å². The molecule has 4 N–H and O–H groups in total. The quantitative estimate of drug-likeness (QED) is 0.466. The first-order chi connectivity index (χ1) is 9.63. The number of hydrazine groups is 1. The Bertz CT molecular complexity index is 438. The average molecular weight is 281 g/mol.